The number of hydrogen-bond donors (Lipinski definition) is 1. The molecule has 0 saturated heterocycles. The highest BCUT2D eigenvalue weighted by molar-refractivity contribution is 9.10. The number of nitrogens with zero attached hydrogens (tertiary/aromatic N) is 1. The van der Waals surface area contributed by atoms with Gasteiger partial charge in [0.05, 0.1) is 21.7 Å². The van der Waals surface area contributed by atoms with Crippen LogP contribution < -0.4 is 10.1 Å². The summed E-state index contributed by atoms with van der Waals surface area (Å²) in [6.07, 6.45) is 1.75. The second kappa shape index (κ2) is 8.45. The van der Waals surface area contributed by atoms with Gasteiger partial charge >= 0.3 is 0 Å². The summed E-state index contributed by atoms with van der Waals surface area (Å²) >= 11 is 4.82. The lowest BCUT2D eigenvalue weighted by molar-refractivity contribution is -0.115. The molecule has 0 aliphatic carbocycles. The molecule has 120 valence electrons. The van der Waals surface area contributed by atoms with E-state index in [0.29, 0.717) is 18.3 Å². The fourth-order valence-electron chi connectivity index (χ4n) is 1.86. The number of rotatable bonds is 8. The van der Waals surface area contributed by atoms with Crippen LogP contribution in [0.2, 0.25) is 0 Å². The van der Waals surface area contributed by atoms with E-state index >= 15 is 0 Å². The number of amides is 1. The molecule has 5 nitrogen and oxygen atoms in total. The van der Waals surface area contributed by atoms with Crippen LogP contribution in [-0.4, -0.2) is 36.0 Å². The Morgan fingerprint density at radius 2 is 2.27 bits per heavy atom. The van der Waals surface area contributed by atoms with Crippen LogP contribution in [0.1, 0.15) is 19.8 Å². The minimum Gasteiger partial charge on any atom is -0.491 e. The standard InChI is InChI=1S/C15H19BrN2O3S/c1-3-4-11(16)14(19)18-15-17-12-6-5-10(9-13(12)22-15)21-8-7-20-2/h5-6,9,11H,3-4,7-8H2,1-2H3,(H,17,18,19)/t11-/m1/s1. The van der Waals surface area contributed by atoms with Crippen LogP contribution in [0.3, 0.4) is 0 Å². The molecular formula is C15H19BrN2O3S. The molecule has 0 unspecified atom stereocenters. The van der Waals surface area contributed by atoms with Crippen molar-refractivity contribution in [3.05, 3.63) is 18.2 Å². The maximum atomic E-state index is 12.0. The van der Waals surface area contributed by atoms with Crippen LogP contribution in [0.5, 0.6) is 5.75 Å². The summed E-state index contributed by atoms with van der Waals surface area (Å²) in [4.78, 5) is 16.2. The Morgan fingerprint density at radius 1 is 1.45 bits per heavy atom. The Hall–Kier alpha value is -1.18. The molecule has 7 heteroatoms. The normalized spacial score (nSPS) is 12.3. The summed E-state index contributed by atoms with van der Waals surface area (Å²) in [5.74, 6) is 0.716. The summed E-state index contributed by atoms with van der Waals surface area (Å²) in [5, 5.41) is 3.45. The highest BCUT2D eigenvalue weighted by atomic mass is 79.9. The van der Waals surface area contributed by atoms with E-state index in [1.165, 1.54) is 11.3 Å². The quantitative estimate of drug-likeness (QED) is 0.553. The molecule has 1 aromatic heterocycles. The van der Waals surface area contributed by atoms with Crippen molar-refractivity contribution in [2.45, 2.75) is 24.6 Å². The lowest BCUT2D eigenvalue weighted by Gasteiger charge is -2.06. The summed E-state index contributed by atoms with van der Waals surface area (Å²) in [6.45, 7) is 3.10. The average molecular weight is 387 g/mol. The lowest BCUT2D eigenvalue weighted by Crippen LogP contribution is -2.22. The topological polar surface area (TPSA) is 60.5 Å². The molecule has 1 heterocycles. The van der Waals surface area contributed by atoms with Crippen molar-refractivity contribution in [3.8, 4) is 5.75 Å². The minimum atomic E-state index is -0.183. The van der Waals surface area contributed by atoms with E-state index in [0.717, 1.165) is 28.8 Å². The van der Waals surface area contributed by atoms with E-state index < -0.39 is 0 Å². The molecule has 2 aromatic rings. The fourth-order valence-corrected chi connectivity index (χ4v) is 3.33. The molecular weight excluding hydrogens is 368 g/mol. The van der Waals surface area contributed by atoms with Crippen molar-refractivity contribution in [2.75, 3.05) is 25.6 Å². The number of benzene rings is 1. The molecule has 0 saturated carbocycles. The number of alkyl halides is 1. The molecule has 1 N–H and O–H groups in total. The first-order valence-corrected chi connectivity index (χ1v) is 8.84. The Balaban J connectivity index is 2.05. The minimum absolute atomic E-state index is 0.0579. The monoisotopic (exact) mass is 386 g/mol. The molecule has 0 aliphatic rings. The van der Waals surface area contributed by atoms with Gasteiger partial charge in [-0.25, -0.2) is 4.98 Å². The first-order chi connectivity index (χ1) is 10.6. The highest BCUT2D eigenvalue weighted by Gasteiger charge is 2.15. The Labute approximate surface area is 142 Å². The number of nitrogens with one attached hydrogen (secondary N) is 1. The van der Waals surface area contributed by atoms with E-state index in [2.05, 4.69) is 26.2 Å². The molecule has 0 spiro atoms. The van der Waals surface area contributed by atoms with Crippen molar-refractivity contribution in [3.63, 3.8) is 0 Å². The second-order valence-electron chi connectivity index (χ2n) is 4.74. The average Bonchev–Trinajstić information content (AvgIpc) is 2.89. The summed E-state index contributed by atoms with van der Waals surface area (Å²) in [5.41, 5.74) is 0.848. The lowest BCUT2D eigenvalue weighted by atomic mass is 10.2. The molecule has 1 aromatic carbocycles. The van der Waals surface area contributed by atoms with Gasteiger partial charge in [0, 0.05) is 7.11 Å². The maximum Gasteiger partial charge on any atom is 0.239 e. The molecule has 0 aliphatic heterocycles. The maximum absolute atomic E-state index is 12.0. The van der Waals surface area contributed by atoms with Crippen molar-refractivity contribution in [1.29, 1.82) is 0 Å². The largest absolute Gasteiger partial charge is 0.491 e. The first kappa shape index (κ1) is 17.2. The number of fused-ring (bicyclic) bond motifs is 1. The zero-order valence-electron chi connectivity index (χ0n) is 12.6. The van der Waals surface area contributed by atoms with Crippen molar-refractivity contribution >= 4 is 48.5 Å². The SMILES string of the molecule is CCC[C@@H](Br)C(=O)Nc1nc2ccc(OCCOC)cc2s1. The number of carbonyl (C=O) groups excluding carboxylic acids is 1. The zero-order valence-corrected chi connectivity index (χ0v) is 15.0. The zero-order chi connectivity index (χ0) is 15.9. The number of thiazole rings is 1. The molecule has 0 fully saturated rings. The Kier molecular flexibility index (Phi) is 6.60. The Bertz CT molecular complexity index is 632. The summed E-state index contributed by atoms with van der Waals surface area (Å²) in [6, 6.07) is 5.69. The van der Waals surface area contributed by atoms with Gasteiger partial charge in [-0.15, -0.1) is 0 Å². The van der Waals surface area contributed by atoms with Gasteiger partial charge in [-0.05, 0) is 24.6 Å². The van der Waals surface area contributed by atoms with E-state index in [1.54, 1.807) is 7.11 Å². The molecule has 1 amide bonds. The van der Waals surface area contributed by atoms with Crippen molar-refractivity contribution < 1.29 is 14.3 Å². The van der Waals surface area contributed by atoms with E-state index in [1.807, 2.05) is 25.1 Å². The highest BCUT2D eigenvalue weighted by Crippen LogP contribution is 2.29. The summed E-state index contributed by atoms with van der Waals surface area (Å²) < 4.78 is 11.5. The third-order valence-electron chi connectivity index (χ3n) is 2.97. The smallest absolute Gasteiger partial charge is 0.239 e. The van der Waals surface area contributed by atoms with E-state index in [4.69, 9.17) is 9.47 Å². The number of anilines is 1. The van der Waals surface area contributed by atoms with Gasteiger partial charge in [0.2, 0.25) is 5.91 Å². The van der Waals surface area contributed by atoms with Gasteiger partial charge in [0.1, 0.15) is 12.4 Å². The van der Waals surface area contributed by atoms with Crippen LogP contribution in [0, 0.1) is 0 Å². The molecule has 0 radical (unpaired) electrons. The first-order valence-electron chi connectivity index (χ1n) is 7.11. The molecule has 1 atom stereocenters. The number of methoxy groups -OCH3 is 1. The number of hydrogen-bond acceptors (Lipinski definition) is 5. The summed E-state index contributed by atoms with van der Waals surface area (Å²) in [7, 11) is 1.64. The van der Waals surface area contributed by atoms with Crippen LogP contribution >= 0.6 is 27.3 Å². The van der Waals surface area contributed by atoms with Crippen molar-refractivity contribution in [1.82, 2.24) is 4.98 Å². The molecule has 2 rings (SSSR count). The third kappa shape index (κ3) is 4.66. The Morgan fingerprint density at radius 3 is 3.00 bits per heavy atom. The third-order valence-corrected chi connectivity index (χ3v) is 4.78. The second-order valence-corrected chi connectivity index (χ2v) is 6.87. The van der Waals surface area contributed by atoms with Crippen LogP contribution in [0.25, 0.3) is 10.2 Å². The number of carbonyl (C=O) groups is 1. The predicted molar refractivity (Wildman–Crippen MR) is 93.2 cm³/mol. The van der Waals surface area contributed by atoms with Crippen LogP contribution in [0.15, 0.2) is 18.2 Å². The van der Waals surface area contributed by atoms with Gasteiger partial charge < -0.3 is 14.8 Å². The number of halogens is 1. The van der Waals surface area contributed by atoms with Crippen molar-refractivity contribution in [2.24, 2.45) is 0 Å². The number of ether oxygens (including phenoxy) is 2. The predicted octanol–water partition coefficient (Wildman–Crippen LogP) is 3.82. The van der Waals surface area contributed by atoms with Gasteiger partial charge in [-0.1, -0.05) is 40.6 Å². The van der Waals surface area contributed by atoms with E-state index in [9.17, 15) is 4.79 Å². The van der Waals surface area contributed by atoms with E-state index in [-0.39, 0.29) is 10.7 Å². The molecule has 22 heavy (non-hydrogen) atoms. The molecule has 0 bridgehead atoms. The van der Waals surface area contributed by atoms with Gasteiger partial charge in [-0.3, -0.25) is 4.79 Å². The van der Waals surface area contributed by atoms with Gasteiger partial charge in [0.25, 0.3) is 0 Å². The van der Waals surface area contributed by atoms with Gasteiger partial charge in [-0.2, -0.15) is 0 Å². The fraction of sp³-hybridized carbons (Fsp3) is 0.467. The number of aromatic nitrogens is 1. The van der Waals surface area contributed by atoms with Gasteiger partial charge in [0.15, 0.2) is 5.13 Å². The van der Waals surface area contributed by atoms with Crippen LogP contribution in [-0.2, 0) is 9.53 Å². The van der Waals surface area contributed by atoms with Crippen LogP contribution in [0.4, 0.5) is 5.13 Å².